The molecule has 0 spiro atoms. The summed E-state index contributed by atoms with van der Waals surface area (Å²) in [5, 5.41) is 16.1. The minimum absolute atomic E-state index is 0.0878. The van der Waals surface area contributed by atoms with Crippen molar-refractivity contribution in [1.82, 2.24) is 10.6 Å². The Morgan fingerprint density at radius 1 is 1.14 bits per heavy atom. The second-order valence-corrected chi connectivity index (χ2v) is 5.23. The predicted octanol–water partition coefficient (Wildman–Crippen LogP) is 2.51. The molecule has 4 nitrogen and oxygen atoms in total. The van der Waals surface area contributed by atoms with Crippen LogP contribution in [0.3, 0.4) is 0 Å². The largest absolute Gasteiger partial charge is 0.396 e. The Balaban J connectivity index is 2.33. The quantitative estimate of drug-likeness (QED) is 0.372. The van der Waals surface area contributed by atoms with Gasteiger partial charge in [-0.05, 0) is 12.0 Å². The van der Waals surface area contributed by atoms with Gasteiger partial charge in [0.1, 0.15) is 0 Å². The zero-order valence-corrected chi connectivity index (χ0v) is 13.3. The molecule has 0 saturated heterocycles. The molecule has 1 aromatic rings. The first-order valence-corrected chi connectivity index (χ1v) is 7.92. The smallest absolute Gasteiger partial charge is 0.190 e. The van der Waals surface area contributed by atoms with Crippen LogP contribution in [0.2, 0.25) is 0 Å². The van der Waals surface area contributed by atoms with Crippen LogP contribution in [0.25, 0.3) is 0 Å². The molecule has 0 aromatic heterocycles. The van der Waals surface area contributed by atoms with Gasteiger partial charge in [-0.1, -0.05) is 56.5 Å². The molecule has 0 aliphatic rings. The summed E-state index contributed by atoms with van der Waals surface area (Å²) in [6.45, 7) is 3.96. The minimum Gasteiger partial charge on any atom is -0.396 e. The van der Waals surface area contributed by atoms with Crippen LogP contribution in [0.4, 0.5) is 0 Å². The molecule has 0 aliphatic carbocycles. The van der Waals surface area contributed by atoms with E-state index < -0.39 is 0 Å². The van der Waals surface area contributed by atoms with E-state index in [1.807, 2.05) is 30.3 Å². The van der Waals surface area contributed by atoms with Gasteiger partial charge in [0.25, 0.3) is 0 Å². The average molecular weight is 291 g/mol. The molecule has 0 radical (unpaired) electrons. The maximum Gasteiger partial charge on any atom is 0.190 e. The van der Waals surface area contributed by atoms with E-state index in [4.69, 9.17) is 0 Å². The van der Waals surface area contributed by atoms with E-state index in [0.29, 0.717) is 6.54 Å². The lowest BCUT2D eigenvalue weighted by Gasteiger charge is -2.18. The molecule has 1 rings (SSSR count). The minimum atomic E-state index is 0.0878. The molecule has 118 valence electrons. The summed E-state index contributed by atoms with van der Waals surface area (Å²) < 4.78 is 0. The van der Waals surface area contributed by atoms with Crippen LogP contribution in [0.5, 0.6) is 0 Å². The van der Waals surface area contributed by atoms with Gasteiger partial charge >= 0.3 is 0 Å². The molecule has 0 fully saturated rings. The van der Waals surface area contributed by atoms with Crippen LogP contribution < -0.4 is 10.6 Å². The monoisotopic (exact) mass is 291 g/mol. The van der Waals surface area contributed by atoms with E-state index in [1.54, 1.807) is 7.05 Å². The van der Waals surface area contributed by atoms with Crippen molar-refractivity contribution in [3.8, 4) is 0 Å². The Kier molecular flexibility index (Phi) is 9.29. The third-order valence-electron chi connectivity index (χ3n) is 3.55. The number of hydrogen-bond donors (Lipinski definition) is 3. The number of aliphatic hydroxyl groups is 1. The maximum absolute atomic E-state index is 9.54. The van der Waals surface area contributed by atoms with Crippen molar-refractivity contribution >= 4 is 5.96 Å². The Morgan fingerprint density at radius 3 is 2.52 bits per heavy atom. The Bertz CT molecular complexity index is 392. The lowest BCUT2D eigenvalue weighted by molar-refractivity contribution is 0.265. The van der Waals surface area contributed by atoms with Gasteiger partial charge < -0.3 is 15.7 Å². The maximum atomic E-state index is 9.54. The molecule has 0 heterocycles. The fourth-order valence-electron chi connectivity index (χ4n) is 2.21. The van der Waals surface area contributed by atoms with E-state index in [0.717, 1.165) is 24.5 Å². The molecule has 0 amide bonds. The molecule has 0 bridgehead atoms. The third kappa shape index (κ3) is 7.14. The molecule has 21 heavy (non-hydrogen) atoms. The number of hydrogen-bond acceptors (Lipinski definition) is 2. The van der Waals surface area contributed by atoms with Crippen molar-refractivity contribution in [2.45, 2.75) is 38.5 Å². The number of benzene rings is 1. The molecule has 1 aromatic carbocycles. The summed E-state index contributed by atoms with van der Waals surface area (Å²) in [6.07, 6.45) is 4.96. The molecule has 4 heteroatoms. The van der Waals surface area contributed by atoms with E-state index in [1.165, 1.54) is 19.3 Å². The summed E-state index contributed by atoms with van der Waals surface area (Å²) in [6, 6.07) is 10.1. The molecule has 1 atom stereocenters. The Hall–Kier alpha value is -1.55. The lowest BCUT2D eigenvalue weighted by Crippen LogP contribution is -2.40. The average Bonchev–Trinajstić information content (AvgIpc) is 2.54. The van der Waals surface area contributed by atoms with Crippen molar-refractivity contribution < 1.29 is 5.11 Å². The zero-order chi connectivity index (χ0) is 15.3. The fraction of sp³-hybridized carbons (Fsp3) is 0.588. The van der Waals surface area contributed by atoms with E-state index >= 15 is 0 Å². The highest BCUT2D eigenvalue weighted by Crippen LogP contribution is 2.13. The number of aliphatic hydroxyl groups excluding tert-OH is 1. The summed E-state index contributed by atoms with van der Waals surface area (Å²) in [4.78, 5) is 4.22. The first kappa shape index (κ1) is 17.5. The number of guanidine groups is 1. The van der Waals surface area contributed by atoms with Gasteiger partial charge in [0.05, 0.1) is 6.61 Å². The molecule has 0 aliphatic heterocycles. The van der Waals surface area contributed by atoms with Gasteiger partial charge in [0, 0.05) is 26.1 Å². The molecule has 3 N–H and O–H groups in total. The standard InChI is InChI=1S/C17H29N3O/c1-3-4-5-9-12-19-17(18-2)20-13-16(14-21)15-10-7-6-8-11-15/h6-8,10-11,16,21H,3-5,9,12-14H2,1-2H3,(H2,18,19,20). The normalized spacial score (nSPS) is 13.0. The van der Waals surface area contributed by atoms with E-state index in [9.17, 15) is 5.11 Å². The first-order chi connectivity index (χ1) is 10.3. The zero-order valence-electron chi connectivity index (χ0n) is 13.3. The second-order valence-electron chi connectivity index (χ2n) is 5.23. The van der Waals surface area contributed by atoms with Crippen LogP contribution in [-0.2, 0) is 0 Å². The van der Waals surface area contributed by atoms with Crippen molar-refractivity contribution in [3.63, 3.8) is 0 Å². The van der Waals surface area contributed by atoms with Gasteiger partial charge in [-0.15, -0.1) is 0 Å². The number of rotatable bonds is 9. The van der Waals surface area contributed by atoms with E-state index in [2.05, 4.69) is 22.5 Å². The highest BCUT2D eigenvalue weighted by Gasteiger charge is 2.10. The Labute approximate surface area is 128 Å². The van der Waals surface area contributed by atoms with Crippen LogP contribution in [0.1, 0.15) is 44.1 Å². The second kappa shape index (κ2) is 11.1. The van der Waals surface area contributed by atoms with Crippen molar-refractivity contribution in [2.24, 2.45) is 4.99 Å². The molecular formula is C17H29N3O. The van der Waals surface area contributed by atoms with Gasteiger partial charge in [-0.25, -0.2) is 0 Å². The highest BCUT2D eigenvalue weighted by molar-refractivity contribution is 5.79. The van der Waals surface area contributed by atoms with Gasteiger partial charge in [0.15, 0.2) is 5.96 Å². The van der Waals surface area contributed by atoms with Crippen molar-refractivity contribution in [2.75, 3.05) is 26.7 Å². The molecule has 1 unspecified atom stereocenters. The van der Waals surface area contributed by atoms with Crippen molar-refractivity contribution in [1.29, 1.82) is 0 Å². The topological polar surface area (TPSA) is 56.7 Å². The molecule has 0 saturated carbocycles. The Morgan fingerprint density at radius 2 is 1.90 bits per heavy atom. The summed E-state index contributed by atoms with van der Waals surface area (Å²) in [5.74, 6) is 0.894. The predicted molar refractivity (Wildman–Crippen MR) is 89.8 cm³/mol. The first-order valence-electron chi connectivity index (χ1n) is 7.92. The van der Waals surface area contributed by atoms with Crippen LogP contribution in [0.15, 0.2) is 35.3 Å². The van der Waals surface area contributed by atoms with Gasteiger partial charge in [0.2, 0.25) is 0 Å². The summed E-state index contributed by atoms with van der Waals surface area (Å²) in [5.41, 5.74) is 1.14. The number of nitrogens with one attached hydrogen (secondary N) is 2. The van der Waals surface area contributed by atoms with Crippen LogP contribution in [-0.4, -0.2) is 37.8 Å². The van der Waals surface area contributed by atoms with Gasteiger partial charge in [-0.3, -0.25) is 4.99 Å². The highest BCUT2D eigenvalue weighted by atomic mass is 16.3. The van der Waals surface area contributed by atoms with Gasteiger partial charge in [-0.2, -0.15) is 0 Å². The van der Waals surface area contributed by atoms with Crippen LogP contribution in [0, 0.1) is 0 Å². The molecular weight excluding hydrogens is 262 g/mol. The van der Waals surface area contributed by atoms with E-state index in [-0.39, 0.29) is 12.5 Å². The van der Waals surface area contributed by atoms with Crippen molar-refractivity contribution in [3.05, 3.63) is 35.9 Å². The lowest BCUT2D eigenvalue weighted by atomic mass is 10.0. The number of aliphatic imine (C=N–C) groups is 1. The van der Waals surface area contributed by atoms with Crippen LogP contribution >= 0.6 is 0 Å². The summed E-state index contributed by atoms with van der Waals surface area (Å²) in [7, 11) is 1.78. The fourth-order valence-corrected chi connectivity index (χ4v) is 2.21. The summed E-state index contributed by atoms with van der Waals surface area (Å²) >= 11 is 0. The SMILES string of the molecule is CCCCCCNC(=NC)NCC(CO)c1ccccc1. The number of unbranched alkanes of at least 4 members (excludes halogenated alkanes) is 3. The third-order valence-corrected chi connectivity index (χ3v) is 3.55. The number of nitrogens with zero attached hydrogens (tertiary/aromatic N) is 1.